The molecule has 2 N–H and O–H groups in total. The van der Waals surface area contributed by atoms with Crippen molar-refractivity contribution in [2.45, 2.75) is 139 Å². The van der Waals surface area contributed by atoms with Crippen molar-refractivity contribution in [2.24, 2.45) is 50.2 Å². The summed E-state index contributed by atoms with van der Waals surface area (Å²) in [4.78, 5) is 33.6. The fourth-order valence-electron chi connectivity index (χ4n) is 10.7. The monoisotopic (exact) mass is 541 g/mol. The number of amides is 1. The van der Waals surface area contributed by atoms with Gasteiger partial charge in [0.15, 0.2) is 5.78 Å². The van der Waals surface area contributed by atoms with E-state index in [4.69, 9.17) is 4.84 Å². The van der Waals surface area contributed by atoms with Crippen molar-refractivity contribution in [1.29, 1.82) is 0 Å². The maximum Gasteiger partial charge on any atom is 0.249 e. The predicted octanol–water partition coefficient (Wildman–Crippen LogP) is 7.17. The van der Waals surface area contributed by atoms with Gasteiger partial charge < -0.3 is 5.11 Å². The van der Waals surface area contributed by atoms with Crippen LogP contribution in [0, 0.1) is 50.2 Å². The highest BCUT2D eigenvalue weighted by Crippen LogP contribution is 2.75. The Labute approximate surface area is 237 Å². The number of hydrogen-bond acceptors (Lipinski definition) is 4. The summed E-state index contributed by atoms with van der Waals surface area (Å²) >= 11 is 0. The molecule has 5 nitrogen and oxygen atoms in total. The normalized spacial score (nSPS) is 49.1. The van der Waals surface area contributed by atoms with Gasteiger partial charge in [-0.25, -0.2) is 5.48 Å². The maximum absolute atomic E-state index is 14.4. The minimum atomic E-state index is -0.525. The molecule has 9 unspecified atom stereocenters. The van der Waals surface area contributed by atoms with Crippen LogP contribution in [0.25, 0.3) is 0 Å². The maximum atomic E-state index is 14.4. The van der Waals surface area contributed by atoms with Crippen LogP contribution in [0.5, 0.6) is 0 Å². The second kappa shape index (κ2) is 8.66. The number of nitrogens with one attached hydrogen (secondary N) is 1. The summed E-state index contributed by atoms with van der Waals surface area (Å²) in [6.07, 6.45) is 10.4. The zero-order chi connectivity index (χ0) is 29.0. The second-order valence-corrected chi connectivity index (χ2v) is 17.3. The van der Waals surface area contributed by atoms with Gasteiger partial charge in [0.05, 0.1) is 11.7 Å². The molecule has 5 aliphatic rings. The molecule has 5 heteroatoms. The number of fused-ring (bicyclic) bond motifs is 7. The van der Waals surface area contributed by atoms with Crippen molar-refractivity contribution in [3.63, 3.8) is 0 Å². The predicted molar refractivity (Wildman–Crippen MR) is 154 cm³/mol. The van der Waals surface area contributed by atoms with Crippen LogP contribution in [-0.2, 0) is 14.4 Å². The van der Waals surface area contributed by atoms with E-state index >= 15 is 0 Å². The van der Waals surface area contributed by atoms with E-state index in [0.29, 0.717) is 11.7 Å². The molecular weight excluding hydrogens is 486 g/mol. The Kier molecular flexibility index (Phi) is 6.51. The average molecular weight is 542 g/mol. The van der Waals surface area contributed by atoms with Crippen LogP contribution in [0.4, 0.5) is 0 Å². The number of hydroxylamine groups is 1. The van der Waals surface area contributed by atoms with E-state index in [1.807, 2.05) is 20.8 Å². The van der Waals surface area contributed by atoms with Crippen LogP contribution in [-0.4, -0.2) is 28.5 Å². The van der Waals surface area contributed by atoms with E-state index in [1.54, 1.807) is 0 Å². The number of ketones is 1. The SMILES string of the molecule is CC(C)(C)ONC(=O)C1(C)CCC2(C)CCC3(C)C(=CC(=O)C4C5(C)CCC(O)C(C)(C)C5CCC43C)C2C1. The minimum Gasteiger partial charge on any atom is -0.393 e. The first-order chi connectivity index (χ1) is 17.7. The van der Waals surface area contributed by atoms with Crippen LogP contribution in [0.2, 0.25) is 0 Å². The van der Waals surface area contributed by atoms with Crippen molar-refractivity contribution < 1.29 is 19.5 Å². The summed E-state index contributed by atoms with van der Waals surface area (Å²) in [6.45, 7) is 22.0. The Hall–Kier alpha value is -1.20. The van der Waals surface area contributed by atoms with Crippen LogP contribution >= 0.6 is 0 Å². The number of allylic oxidation sites excluding steroid dienone is 2. The highest BCUT2D eigenvalue weighted by Gasteiger charge is 2.70. The standard InChI is InChI=1S/C34H55NO4/c1-28(2,3)39-35-27(38)31(7)16-15-30(6)17-18-33(9)21(22(30)20-31)19-23(36)26-32(8)13-12-25(37)29(4,5)24(32)11-14-34(26,33)10/h19,22,24-26,37H,11-18,20H2,1-10H3,(H,35,38). The van der Waals surface area contributed by atoms with Crippen molar-refractivity contribution in [1.82, 2.24) is 5.48 Å². The third-order valence-corrected chi connectivity index (χ3v) is 13.6. The molecule has 9 atom stereocenters. The molecular formula is C34H55NO4. The van der Waals surface area contributed by atoms with Gasteiger partial charge >= 0.3 is 0 Å². The summed E-state index contributed by atoms with van der Waals surface area (Å²) in [5.74, 6) is 0.808. The fraction of sp³-hybridized carbons (Fsp3) is 0.882. The highest BCUT2D eigenvalue weighted by atomic mass is 16.7. The van der Waals surface area contributed by atoms with Gasteiger partial charge in [-0.2, -0.15) is 0 Å². The van der Waals surface area contributed by atoms with E-state index in [0.717, 1.165) is 57.8 Å². The number of hydrogen-bond donors (Lipinski definition) is 2. The van der Waals surface area contributed by atoms with Gasteiger partial charge in [0, 0.05) is 11.3 Å². The molecule has 0 aromatic carbocycles. The van der Waals surface area contributed by atoms with Crippen molar-refractivity contribution in [2.75, 3.05) is 0 Å². The number of carbonyl (C=O) groups excluding carboxylic acids is 2. The Morgan fingerprint density at radius 3 is 2.23 bits per heavy atom. The first-order valence-corrected chi connectivity index (χ1v) is 15.7. The molecule has 5 rings (SSSR count). The zero-order valence-corrected chi connectivity index (χ0v) is 26.4. The van der Waals surface area contributed by atoms with E-state index in [9.17, 15) is 14.7 Å². The smallest absolute Gasteiger partial charge is 0.249 e. The average Bonchev–Trinajstić information content (AvgIpc) is 2.82. The molecule has 1 amide bonds. The molecule has 0 heterocycles. The van der Waals surface area contributed by atoms with Crippen molar-refractivity contribution >= 4 is 11.7 Å². The molecule has 0 aliphatic heterocycles. The first-order valence-electron chi connectivity index (χ1n) is 15.7. The summed E-state index contributed by atoms with van der Waals surface area (Å²) < 4.78 is 0. The molecule has 0 radical (unpaired) electrons. The van der Waals surface area contributed by atoms with Crippen LogP contribution in [0.3, 0.4) is 0 Å². The quantitative estimate of drug-likeness (QED) is 0.363. The minimum absolute atomic E-state index is 0.0212. The fourth-order valence-corrected chi connectivity index (χ4v) is 10.7. The number of aliphatic hydroxyl groups excluding tert-OH is 1. The molecule has 5 aliphatic carbocycles. The van der Waals surface area contributed by atoms with Crippen LogP contribution < -0.4 is 5.48 Å². The van der Waals surface area contributed by atoms with Crippen molar-refractivity contribution in [3.8, 4) is 0 Å². The zero-order valence-electron chi connectivity index (χ0n) is 26.4. The van der Waals surface area contributed by atoms with E-state index < -0.39 is 11.0 Å². The number of aliphatic hydroxyl groups is 1. The van der Waals surface area contributed by atoms with Crippen LogP contribution in [0.1, 0.15) is 127 Å². The molecule has 0 bridgehead atoms. The highest BCUT2D eigenvalue weighted by molar-refractivity contribution is 5.95. The Morgan fingerprint density at radius 2 is 1.59 bits per heavy atom. The molecule has 4 fully saturated rings. The van der Waals surface area contributed by atoms with E-state index in [2.05, 4.69) is 60.0 Å². The number of rotatable bonds is 2. The lowest BCUT2D eigenvalue weighted by atomic mass is 9.33. The first kappa shape index (κ1) is 29.3. The van der Waals surface area contributed by atoms with Crippen molar-refractivity contribution in [3.05, 3.63) is 11.6 Å². The Morgan fingerprint density at radius 1 is 0.949 bits per heavy atom. The Bertz CT molecular complexity index is 1090. The van der Waals surface area contributed by atoms with Crippen LogP contribution in [0.15, 0.2) is 11.6 Å². The Balaban J connectivity index is 1.53. The summed E-state index contributed by atoms with van der Waals surface area (Å²) in [6, 6.07) is 0. The third-order valence-electron chi connectivity index (χ3n) is 13.6. The molecule has 0 aromatic heterocycles. The van der Waals surface area contributed by atoms with E-state index in [1.165, 1.54) is 5.57 Å². The molecule has 39 heavy (non-hydrogen) atoms. The molecule has 4 saturated carbocycles. The van der Waals surface area contributed by atoms with Gasteiger partial charge in [0.25, 0.3) is 0 Å². The second-order valence-electron chi connectivity index (χ2n) is 17.3. The topological polar surface area (TPSA) is 75.6 Å². The lowest BCUT2D eigenvalue weighted by molar-refractivity contribution is -0.202. The van der Waals surface area contributed by atoms with Gasteiger partial charge in [-0.1, -0.05) is 54.0 Å². The largest absolute Gasteiger partial charge is 0.393 e. The van der Waals surface area contributed by atoms with Gasteiger partial charge in [0.2, 0.25) is 5.91 Å². The van der Waals surface area contributed by atoms with Gasteiger partial charge in [-0.05, 0) is 124 Å². The summed E-state index contributed by atoms with van der Waals surface area (Å²) in [7, 11) is 0. The van der Waals surface area contributed by atoms with E-state index in [-0.39, 0.29) is 50.9 Å². The van der Waals surface area contributed by atoms with Gasteiger partial charge in [-0.15, -0.1) is 0 Å². The number of carbonyl (C=O) groups is 2. The lowest BCUT2D eigenvalue weighted by Crippen LogP contribution is -2.66. The summed E-state index contributed by atoms with van der Waals surface area (Å²) in [5, 5.41) is 11.0. The molecule has 0 spiro atoms. The van der Waals surface area contributed by atoms with Gasteiger partial charge in [-0.3, -0.25) is 14.4 Å². The molecule has 0 aromatic rings. The third kappa shape index (κ3) is 4.06. The lowest BCUT2D eigenvalue weighted by Gasteiger charge is -2.70. The summed E-state index contributed by atoms with van der Waals surface area (Å²) in [5.41, 5.74) is 2.77. The molecule has 220 valence electrons. The molecule has 0 saturated heterocycles. The van der Waals surface area contributed by atoms with Gasteiger partial charge in [0.1, 0.15) is 0 Å².